The van der Waals surface area contributed by atoms with Gasteiger partial charge in [-0.05, 0) is 30.7 Å². The van der Waals surface area contributed by atoms with Crippen LogP contribution in [0.3, 0.4) is 0 Å². The second-order valence-corrected chi connectivity index (χ2v) is 5.92. The van der Waals surface area contributed by atoms with Crippen molar-refractivity contribution in [2.45, 2.75) is 13.5 Å². The number of rotatable bonds is 3. The Morgan fingerprint density at radius 3 is 2.65 bits per heavy atom. The Morgan fingerprint density at radius 1 is 1.22 bits per heavy atom. The topological polar surface area (TPSA) is 53.4 Å². The molecule has 1 N–H and O–H groups in total. The number of aryl methyl sites for hydroxylation is 2. The van der Waals surface area contributed by atoms with Crippen LogP contribution in [0.2, 0.25) is 0 Å². The minimum Gasteiger partial charge on any atom is -0.368 e. The fourth-order valence-corrected chi connectivity index (χ4v) is 2.85. The SMILES string of the molecule is Cc1cccc(N2CCN(C(=O)NCc3ccnn3C)CC2)c1. The number of urea groups is 1. The molecule has 1 fully saturated rings. The van der Waals surface area contributed by atoms with Crippen molar-refractivity contribution in [2.24, 2.45) is 7.05 Å². The van der Waals surface area contributed by atoms with Crippen LogP contribution in [0, 0.1) is 6.92 Å². The summed E-state index contributed by atoms with van der Waals surface area (Å²) in [5.41, 5.74) is 3.50. The van der Waals surface area contributed by atoms with E-state index in [0.717, 1.165) is 31.9 Å². The molecule has 0 saturated carbocycles. The summed E-state index contributed by atoms with van der Waals surface area (Å²) in [5.74, 6) is 0. The van der Waals surface area contributed by atoms with E-state index in [-0.39, 0.29) is 6.03 Å². The van der Waals surface area contributed by atoms with E-state index in [1.54, 1.807) is 10.9 Å². The maximum absolute atomic E-state index is 12.3. The highest BCUT2D eigenvalue weighted by molar-refractivity contribution is 5.74. The zero-order valence-corrected chi connectivity index (χ0v) is 13.7. The molecule has 2 amide bonds. The van der Waals surface area contributed by atoms with Gasteiger partial charge in [0, 0.05) is 45.1 Å². The molecule has 23 heavy (non-hydrogen) atoms. The van der Waals surface area contributed by atoms with Crippen molar-refractivity contribution >= 4 is 11.7 Å². The van der Waals surface area contributed by atoms with E-state index in [0.29, 0.717) is 6.54 Å². The van der Waals surface area contributed by atoms with Gasteiger partial charge in [-0.2, -0.15) is 5.10 Å². The molecule has 1 aliphatic heterocycles. The van der Waals surface area contributed by atoms with Crippen LogP contribution < -0.4 is 10.2 Å². The number of piperazine rings is 1. The van der Waals surface area contributed by atoms with Gasteiger partial charge in [-0.25, -0.2) is 4.79 Å². The van der Waals surface area contributed by atoms with Crippen molar-refractivity contribution in [2.75, 3.05) is 31.1 Å². The van der Waals surface area contributed by atoms with Crippen molar-refractivity contribution in [1.29, 1.82) is 0 Å². The number of nitrogens with zero attached hydrogens (tertiary/aromatic N) is 4. The van der Waals surface area contributed by atoms with Crippen molar-refractivity contribution < 1.29 is 4.79 Å². The van der Waals surface area contributed by atoms with Crippen LogP contribution in [-0.2, 0) is 13.6 Å². The molecule has 6 heteroatoms. The van der Waals surface area contributed by atoms with Gasteiger partial charge in [-0.3, -0.25) is 4.68 Å². The minimum absolute atomic E-state index is 0.00454. The predicted molar refractivity (Wildman–Crippen MR) is 90.4 cm³/mol. The van der Waals surface area contributed by atoms with Gasteiger partial charge in [-0.1, -0.05) is 12.1 Å². The normalized spacial score (nSPS) is 14.9. The van der Waals surface area contributed by atoms with Crippen LogP contribution >= 0.6 is 0 Å². The van der Waals surface area contributed by atoms with Crippen LogP contribution in [0.25, 0.3) is 0 Å². The Kier molecular flexibility index (Phi) is 4.50. The van der Waals surface area contributed by atoms with Gasteiger partial charge in [0.1, 0.15) is 0 Å². The van der Waals surface area contributed by atoms with Gasteiger partial charge >= 0.3 is 6.03 Å². The van der Waals surface area contributed by atoms with Crippen LogP contribution in [0.1, 0.15) is 11.3 Å². The number of anilines is 1. The van der Waals surface area contributed by atoms with Crippen LogP contribution in [0.15, 0.2) is 36.5 Å². The molecule has 0 aliphatic carbocycles. The van der Waals surface area contributed by atoms with Gasteiger partial charge in [0.05, 0.1) is 12.2 Å². The maximum Gasteiger partial charge on any atom is 0.317 e. The first-order valence-electron chi connectivity index (χ1n) is 7.95. The first-order valence-corrected chi connectivity index (χ1v) is 7.95. The Morgan fingerprint density at radius 2 is 2.00 bits per heavy atom. The summed E-state index contributed by atoms with van der Waals surface area (Å²) in [6, 6.07) is 10.4. The Bertz CT molecular complexity index is 673. The van der Waals surface area contributed by atoms with E-state index in [9.17, 15) is 4.79 Å². The summed E-state index contributed by atoms with van der Waals surface area (Å²) in [6.45, 7) is 5.82. The lowest BCUT2D eigenvalue weighted by Gasteiger charge is -2.36. The number of amides is 2. The van der Waals surface area contributed by atoms with Crippen molar-refractivity contribution in [1.82, 2.24) is 20.0 Å². The lowest BCUT2D eigenvalue weighted by molar-refractivity contribution is 0.193. The highest BCUT2D eigenvalue weighted by atomic mass is 16.2. The first kappa shape index (κ1) is 15.4. The van der Waals surface area contributed by atoms with E-state index in [2.05, 4.69) is 46.5 Å². The summed E-state index contributed by atoms with van der Waals surface area (Å²) in [4.78, 5) is 16.5. The molecule has 1 aromatic heterocycles. The van der Waals surface area contributed by atoms with E-state index >= 15 is 0 Å². The Hall–Kier alpha value is -2.50. The second-order valence-electron chi connectivity index (χ2n) is 5.92. The van der Waals surface area contributed by atoms with Crippen molar-refractivity contribution in [3.63, 3.8) is 0 Å². The van der Waals surface area contributed by atoms with Gasteiger partial charge in [0.2, 0.25) is 0 Å². The van der Waals surface area contributed by atoms with E-state index in [1.807, 2.05) is 18.0 Å². The number of benzene rings is 1. The Balaban J connectivity index is 1.50. The first-order chi connectivity index (χ1) is 11.1. The van der Waals surface area contributed by atoms with Gasteiger partial charge in [0.15, 0.2) is 0 Å². The van der Waals surface area contributed by atoms with Crippen molar-refractivity contribution in [3.8, 4) is 0 Å². The van der Waals surface area contributed by atoms with Gasteiger partial charge in [0.25, 0.3) is 0 Å². The Labute approximate surface area is 136 Å². The third-order valence-electron chi connectivity index (χ3n) is 4.28. The monoisotopic (exact) mass is 313 g/mol. The smallest absolute Gasteiger partial charge is 0.317 e. The predicted octanol–water partition coefficient (Wildman–Crippen LogP) is 1.76. The third-order valence-corrected chi connectivity index (χ3v) is 4.28. The third kappa shape index (κ3) is 3.64. The highest BCUT2D eigenvalue weighted by Gasteiger charge is 2.21. The summed E-state index contributed by atoms with van der Waals surface area (Å²) in [5, 5.41) is 7.07. The van der Waals surface area contributed by atoms with Crippen LogP contribution in [0.4, 0.5) is 10.5 Å². The standard InChI is InChI=1S/C17H23N5O/c1-14-4-3-5-15(12-14)21-8-10-22(11-9-21)17(23)18-13-16-6-7-19-20(16)2/h3-7,12H,8-11,13H2,1-2H3,(H,18,23). The zero-order valence-electron chi connectivity index (χ0n) is 13.7. The lowest BCUT2D eigenvalue weighted by Crippen LogP contribution is -2.51. The van der Waals surface area contributed by atoms with E-state index < -0.39 is 0 Å². The molecular weight excluding hydrogens is 290 g/mol. The molecule has 1 aromatic carbocycles. The molecule has 0 atom stereocenters. The average Bonchev–Trinajstić information content (AvgIpc) is 2.98. The summed E-state index contributed by atoms with van der Waals surface area (Å²) in [7, 11) is 1.88. The molecule has 0 unspecified atom stereocenters. The molecule has 0 spiro atoms. The molecule has 0 radical (unpaired) electrons. The number of aromatic nitrogens is 2. The number of nitrogens with one attached hydrogen (secondary N) is 1. The molecular formula is C17H23N5O. The molecule has 1 saturated heterocycles. The summed E-state index contributed by atoms with van der Waals surface area (Å²) < 4.78 is 1.77. The molecule has 2 aromatic rings. The number of hydrogen-bond donors (Lipinski definition) is 1. The largest absolute Gasteiger partial charge is 0.368 e. The van der Waals surface area contributed by atoms with Gasteiger partial charge in [-0.15, -0.1) is 0 Å². The fraction of sp³-hybridized carbons (Fsp3) is 0.412. The molecule has 122 valence electrons. The molecule has 1 aliphatic rings. The van der Waals surface area contributed by atoms with Crippen LogP contribution in [-0.4, -0.2) is 46.9 Å². The number of carbonyl (C=O) groups is 1. The van der Waals surface area contributed by atoms with Gasteiger partial charge < -0.3 is 15.1 Å². The molecule has 6 nitrogen and oxygen atoms in total. The highest BCUT2D eigenvalue weighted by Crippen LogP contribution is 2.17. The summed E-state index contributed by atoms with van der Waals surface area (Å²) in [6.07, 6.45) is 1.74. The average molecular weight is 313 g/mol. The van der Waals surface area contributed by atoms with Crippen molar-refractivity contribution in [3.05, 3.63) is 47.8 Å². The number of carbonyl (C=O) groups excluding carboxylic acids is 1. The molecule has 3 rings (SSSR count). The summed E-state index contributed by atoms with van der Waals surface area (Å²) >= 11 is 0. The quantitative estimate of drug-likeness (QED) is 0.939. The van der Waals surface area contributed by atoms with Crippen LogP contribution in [0.5, 0.6) is 0 Å². The number of hydrogen-bond acceptors (Lipinski definition) is 3. The zero-order chi connectivity index (χ0) is 16.2. The molecule has 2 heterocycles. The lowest BCUT2D eigenvalue weighted by atomic mass is 10.2. The second kappa shape index (κ2) is 6.73. The molecule has 0 bridgehead atoms. The maximum atomic E-state index is 12.3. The minimum atomic E-state index is -0.00454. The van der Waals surface area contributed by atoms with E-state index in [4.69, 9.17) is 0 Å². The fourth-order valence-electron chi connectivity index (χ4n) is 2.85. The van der Waals surface area contributed by atoms with E-state index in [1.165, 1.54) is 11.3 Å².